The average Bonchev–Trinajstić information content (AvgIpc) is 3.24. The van der Waals surface area contributed by atoms with Crippen LogP contribution in [0.2, 0.25) is 0 Å². The normalized spacial score (nSPS) is 17.2. The number of hydrogen-bond acceptors (Lipinski definition) is 10. The summed E-state index contributed by atoms with van der Waals surface area (Å²) in [7, 11) is 2.63. The van der Waals surface area contributed by atoms with Crippen LogP contribution in [0.15, 0.2) is 36.4 Å². The minimum atomic E-state index is -1.48. The van der Waals surface area contributed by atoms with E-state index in [1.165, 1.54) is 116 Å². The highest BCUT2D eigenvalue weighted by Gasteiger charge is 2.34. The van der Waals surface area contributed by atoms with Gasteiger partial charge in [-0.1, -0.05) is 89.7 Å². The van der Waals surface area contributed by atoms with Crippen molar-refractivity contribution in [3.05, 3.63) is 47.5 Å². The first kappa shape index (κ1) is 51.4. The van der Waals surface area contributed by atoms with Crippen molar-refractivity contribution in [2.45, 2.75) is 134 Å². The highest BCUT2D eigenvalue weighted by atomic mass is 16.4. The van der Waals surface area contributed by atoms with Crippen molar-refractivity contribution in [2.24, 2.45) is 0 Å². The fourth-order valence-corrected chi connectivity index (χ4v) is 7.28. The molecule has 1 heterocycles. The number of carboxylic acids is 1. The molecule has 3 rings (SSSR count). The van der Waals surface area contributed by atoms with Crippen LogP contribution in [0.25, 0.3) is 11.1 Å². The molecule has 5 atom stereocenters. The van der Waals surface area contributed by atoms with Gasteiger partial charge < -0.3 is 56.8 Å². The number of benzene rings is 2. The summed E-state index contributed by atoms with van der Waals surface area (Å²) in [5.74, 6) is -6.00. The van der Waals surface area contributed by atoms with Crippen molar-refractivity contribution in [1.82, 2.24) is 36.4 Å². The summed E-state index contributed by atoms with van der Waals surface area (Å²) >= 11 is 0. The molecular weight excluding hydrogens is 815 g/mol. The van der Waals surface area contributed by atoms with Gasteiger partial charge >= 0.3 is 12.0 Å². The van der Waals surface area contributed by atoms with Gasteiger partial charge in [-0.25, -0.2) is 9.59 Å². The number of aliphatic hydroxyl groups excluding tert-OH is 1. The molecule has 2 aromatic rings. The maximum atomic E-state index is 13.9. The number of hydrogen-bond donors (Lipinski definition) is 9. The second-order valence-corrected chi connectivity index (χ2v) is 16.2. The van der Waals surface area contributed by atoms with Gasteiger partial charge in [0.05, 0.1) is 13.2 Å². The predicted octanol–water partition coefficient (Wildman–Crippen LogP) is 3.22. The van der Waals surface area contributed by atoms with Gasteiger partial charge in [-0.2, -0.15) is 0 Å². The lowest BCUT2D eigenvalue weighted by molar-refractivity contribution is -0.143. The Bertz CT molecular complexity index is 1890. The topological polar surface area (TPSA) is 267 Å². The first-order valence-corrected chi connectivity index (χ1v) is 21.9. The molecule has 0 unspecified atom stereocenters. The first-order chi connectivity index (χ1) is 30.0. The number of rotatable bonds is 22. The highest BCUT2D eigenvalue weighted by Crippen LogP contribution is 2.38. The van der Waals surface area contributed by atoms with E-state index in [1.54, 1.807) is 0 Å². The van der Waals surface area contributed by atoms with Crippen LogP contribution in [0.3, 0.4) is 0 Å². The smallest absolute Gasteiger partial charge is 0.326 e. The van der Waals surface area contributed by atoms with Crippen LogP contribution in [0.5, 0.6) is 11.5 Å². The van der Waals surface area contributed by atoms with E-state index in [-0.39, 0.29) is 34.6 Å². The Morgan fingerprint density at radius 1 is 0.778 bits per heavy atom. The van der Waals surface area contributed by atoms with Crippen molar-refractivity contribution < 1.29 is 54.0 Å². The zero-order valence-electron chi connectivity index (χ0n) is 37.2. The number of carbonyl (C=O) groups is 7. The number of aromatic hydroxyl groups is 2. The Hall–Kier alpha value is -5.91. The third kappa shape index (κ3) is 15.7. The Balaban J connectivity index is 1.60. The number of fused-ring (bicyclic) bond motifs is 5. The van der Waals surface area contributed by atoms with Crippen molar-refractivity contribution >= 4 is 41.5 Å². The monoisotopic (exact) mass is 881 g/mol. The van der Waals surface area contributed by atoms with Crippen molar-refractivity contribution in [3.63, 3.8) is 0 Å². The van der Waals surface area contributed by atoms with Crippen molar-refractivity contribution in [3.8, 4) is 22.6 Å². The molecule has 4 bridgehead atoms. The highest BCUT2D eigenvalue weighted by molar-refractivity contribution is 5.96. The molecule has 0 aromatic heterocycles. The number of likely N-dealkylation sites (N-methyl/N-ethyl adjacent to an activating group) is 2. The van der Waals surface area contributed by atoms with Gasteiger partial charge in [0, 0.05) is 38.2 Å². The third-order valence-corrected chi connectivity index (χ3v) is 11.3. The fourth-order valence-electron chi connectivity index (χ4n) is 7.28. The summed E-state index contributed by atoms with van der Waals surface area (Å²) in [4.78, 5) is 93.7. The zero-order valence-corrected chi connectivity index (χ0v) is 37.2. The van der Waals surface area contributed by atoms with Crippen LogP contribution in [0.1, 0.15) is 115 Å². The maximum absolute atomic E-state index is 13.9. The minimum Gasteiger partial charge on any atom is -0.507 e. The fraction of sp³-hybridized carbons (Fsp3) is 0.578. The minimum absolute atomic E-state index is 0.0632. The molecule has 0 radical (unpaired) electrons. The van der Waals surface area contributed by atoms with Gasteiger partial charge in [0.2, 0.25) is 29.5 Å². The lowest BCUT2D eigenvalue weighted by atomic mass is 9.94. The summed E-state index contributed by atoms with van der Waals surface area (Å²) in [5, 5.41) is 54.0. The van der Waals surface area contributed by atoms with E-state index in [9.17, 15) is 54.0 Å². The molecule has 18 nitrogen and oxygen atoms in total. The van der Waals surface area contributed by atoms with Gasteiger partial charge in [-0.3, -0.25) is 24.0 Å². The Labute approximate surface area is 369 Å². The van der Waals surface area contributed by atoms with Crippen molar-refractivity contribution in [1.29, 1.82) is 0 Å². The van der Waals surface area contributed by atoms with Gasteiger partial charge in [0.15, 0.2) is 0 Å². The molecule has 0 aliphatic carbocycles. The molecule has 2 aromatic carbocycles. The second kappa shape index (κ2) is 25.9. The summed E-state index contributed by atoms with van der Waals surface area (Å²) < 4.78 is 0. The molecule has 9 N–H and O–H groups in total. The third-order valence-electron chi connectivity index (χ3n) is 11.3. The molecule has 0 spiro atoms. The standard InChI is InChI=1S/C45H67N7O11/c1-6-7-8-9-10-11-12-13-14-15-16-17-22-46-45(63)51(4)35(27-53)42(59)48-28(2)40(57)47-26-38(56)52(5)39-31-19-21-37(55)33(25-31)32-23-30(18-20-36(32)54)24-34(44(61)62)50-41(58)29(3)49-43(39)60/h18-21,23,25,28-29,34-35,39,53-55H,6-17,22,24,26-27H2,1-5H3,(H,46,63)(H,47,57)(H,48,59)(H,49,60)(H,50,58)(H,61,62)/t28-,29+,34+,35-,39+/m1/s1. The molecule has 348 valence electrons. The van der Waals surface area contributed by atoms with E-state index >= 15 is 0 Å². The number of carboxylic acid groups (broad SMARTS) is 1. The molecule has 7 amide bonds. The summed E-state index contributed by atoms with van der Waals surface area (Å²) in [5.41, 5.74) is 0.712. The van der Waals surface area contributed by atoms with E-state index < -0.39 is 84.9 Å². The molecule has 0 saturated carbocycles. The Morgan fingerprint density at radius 3 is 1.94 bits per heavy atom. The van der Waals surface area contributed by atoms with Gasteiger partial charge in [-0.05, 0) is 55.7 Å². The average molecular weight is 882 g/mol. The number of aliphatic carboxylic acids is 1. The number of phenols is 2. The maximum Gasteiger partial charge on any atom is 0.326 e. The summed E-state index contributed by atoms with van der Waals surface area (Å²) in [6.45, 7) is 3.91. The molecule has 1 aliphatic heterocycles. The van der Waals surface area contributed by atoms with E-state index in [1.807, 2.05) is 0 Å². The van der Waals surface area contributed by atoms with Crippen LogP contribution < -0.4 is 26.6 Å². The SMILES string of the molecule is CCCCCCCCCCCCCCNC(=O)N(C)[C@H](CO)C(=O)N[C@H](C)C(=O)NCC(=O)N(C)[C@@H]1C(=O)N[C@@H](C)C(=O)N[C@H](C(=O)O)Cc2ccc(O)c(c2)-c2cc1ccc2O. The predicted molar refractivity (Wildman–Crippen MR) is 235 cm³/mol. The molecule has 1 aliphatic rings. The van der Waals surface area contributed by atoms with Crippen LogP contribution >= 0.6 is 0 Å². The first-order valence-electron chi connectivity index (χ1n) is 21.9. The van der Waals surface area contributed by atoms with E-state index in [0.29, 0.717) is 12.1 Å². The summed E-state index contributed by atoms with van der Waals surface area (Å²) in [6.07, 6.45) is 13.9. The molecule has 63 heavy (non-hydrogen) atoms. The Morgan fingerprint density at radius 2 is 1.35 bits per heavy atom. The summed E-state index contributed by atoms with van der Waals surface area (Å²) in [6, 6.07) is 0.953. The van der Waals surface area contributed by atoms with E-state index in [0.717, 1.165) is 35.5 Å². The number of aliphatic hydroxyl groups is 1. The number of urea groups is 1. The van der Waals surface area contributed by atoms with Crippen LogP contribution in [0, 0.1) is 0 Å². The number of amides is 7. The van der Waals surface area contributed by atoms with Gasteiger partial charge in [0.1, 0.15) is 41.7 Å². The van der Waals surface area contributed by atoms with Crippen LogP contribution in [-0.2, 0) is 35.2 Å². The quantitative estimate of drug-likeness (QED) is 0.0776. The molecule has 0 saturated heterocycles. The lowest BCUT2D eigenvalue weighted by Gasteiger charge is -2.30. The van der Waals surface area contributed by atoms with Crippen molar-refractivity contribution in [2.75, 3.05) is 33.8 Å². The largest absolute Gasteiger partial charge is 0.507 e. The number of phenolic OH excluding ortho intramolecular Hbond substituents is 2. The number of carbonyl (C=O) groups excluding carboxylic acids is 6. The molecule has 0 fully saturated rings. The van der Waals surface area contributed by atoms with E-state index in [2.05, 4.69) is 33.5 Å². The number of unbranched alkanes of at least 4 members (excludes halogenated alkanes) is 11. The lowest BCUT2D eigenvalue weighted by Crippen LogP contribution is -2.56. The second-order valence-electron chi connectivity index (χ2n) is 16.2. The number of nitrogens with zero attached hydrogens (tertiary/aromatic N) is 2. The molecular formula is C45H67N7O11. The van der Waals surface area contributed by atoms with E-state index in [4.69, 9.17) is 0 Å². The van der Waals surface area contributed by atoms with Crippen LogP contribution in [-0.4, -0.2) is 130 Å². The van der Waals surface area contributed by atoms with Gasteiger partial charge in [-0.15, -0.1) is 0 Å². The van der Waals surface area contributed by atoms with Gasteiger partial charge in [0.25, 0.3) is 0 Å². The number of nitrogens with one attached hydrogen (secondary N) is 5. The zero-order chi connectivity index (χ0) is 46.6. The van der Waals surface area contributed by atoms with Crippen LogP contribution in [0.4, 0.5) is 4.79 Å². The Kier molecular flexibility index (Phi) is 21.1. The molecule has 18 heteroatoms.